The fourth-order valence-electron chi connectivity index (χ4n) is 2.90. The summed E-state index contributed by atoms with van der Waals surface area (Å²) in [6, 6.07) is 7.06. The van der Waals surface area contributed by atoms with Crippen LogP contribution in [-0.2, 0) is 11.3 Å². The van der Waals surface area contributed by atoms with E-state index in [0.29, 0.717) is 6.04 Å². The molecule has 0 aliphatic carbocycles. The van der Waals surface area contributed by atoms with Crippen molar-refractivity contribution in [2.24, 2.45) is 5.92 Å². The van der Waals surface area contributed by atoms with E-state index in [4.69, 9.17) is 16.3 Å². The molecule has 0 amide bonds. The summed E-state index contributed by atoms with van der Waals surface area (Å²) in [4.78, 5) is 2.49. The van der Waals surface area contributed by atoms with Gasteiger partial charge in [0, 0.05) is 43.5 Å². The van der Waals surface area contributed by atoms with E-state index in [-0.39, 0.29) is 0 Å². The normalized spacial score (nSPS) is 22.6. The molecule has 2 rings (SSSR count). The fourth-order valence-corrected chi connectivity index (χ4v) is 3.15. The first kappa shape index (κ1) is 16.6. The molecule has 118 valence electrons. The van der Waals surface area contributed by atoms with Gasteiger partial charge in [0.05, 0.1) is 6.61 Å². The topological polar surface area (TPSA) is 24.5 Å². The van der Waals surface area contributed by atoms with Crippen molar-refractivity contribution in [2.75, 3.05) is 31.7 Å². The minimum atomic E-state index is 0.600. The van der Waals surface area contributed by atoms with Gasteiger partial charge in [-0.2, -0.15) is 0 Å². The zero-order chi connectivity index (χ0) is 15.2. The second-order valence-electron chi connectivity index (χ2n) is 6.13. The van der Waals surface area contributed by atoms with E-state index in [1.807, 2.05) is 0 Å². The van der Waals surface area contributed by atoms with Gasteiger partial charge in [-0.15, -0.1) is 0 Å². The van der Waals surface area contributed by atoms with Gasteiger partial charge in [-0.1, -0.05) is 24.6 Å². The maximum Gasteiger partial charge on any atom is 0.0587 e. The zero-order valence-electron chi connectivity index (χ0n) is 13.4. The largest absolute Gasteiger partial charge is 0.383 e. The molecule has 3 nitrogen and oxygen atoms in total. The molecule has 4 heteroatoms. The summed E-state index contributed by atoms with van der Waals surface area (Å²) in [6.07, 6.45) is 2.59. The van der Waals surface area contributed by atoms with Crippen LogP contribution in [-0.4, -0.2) is 32.8 Å². The van der Waals surface area contributed by atoms with Gasteiger partial charge in [-0.05, 0) is 43.4 Å². The number of rotatable bonds is 6. The summed E-state index contributed by atoms with van der Waals surface area (Å²) < 4.78 is 5.03. The lowest BCUT2D eigenvalue weighted by Gasteiger charge is -2.38. The van der Waals surface area contributed by atoms with Crippen molar-refractivity contribution in [1.82, 2.24) is 5.32 Å². The van der Waals surface area contributed by atoms with Gasteiger partial charge in [0.15, 0.2) is 0 Å². The van der Waals surface area contributed by atoms with Gasteiger partial charge < -0.3 is 15.0 Å². The SMILES string of the molecule is COCCNCc1ccc(N2CC(C)CCC2C)cc1Cl. The highest BCUT2D eigenvalue weighted by atomic mass is 35.5. The van der Waals surface area contributed by atoms with Crippen LogP contribution in [0, 0.1) is 5.92 Å². The number of hydrogen-bond donors (Lipinski definition) is 1. The smallest absolute Gasteiger partial charge is 0.0587 e. The molecule has 1 heterocycles. The van der Waals surface area contributed by atoms with Crippen molar-refractivity contribution < 1.29 is 4.74 Å². The maximum atomic E-state index is 6.45. The molecule has 0 spiro atoms. The first-order valence-corrected chi connectivity index (χ1v) is 8.24. The van der Waals surface area contributed by atoms with E-state index < -0.39 is 0 Å². The van der Waals surface area contributed by atoms with E-state index in [1.165, 1.54) is 18.5 Å². The van der Waals surface area contributed by atoms with Crippen LogP contribution in [0.3, 0.4) is 0 Å². The number of methoxy groups -OCH3 is 1. The Hall–Kier alpha value is -0.770. The molecular weight excluding hydrogens is 284 g/mol. The molecular formula is C17H27ClN2O. The molecule has 1 aliphatic rings. The van der Waals surface area contributed by atoms with Crippen LogP contribution < -0.4 is 10.2 Å². The number of nitrogens with zero attached hydrogens (tertiary/aromatic N) is 1. The minimum absolute atomic E-state index is 0.600. The molecule has 2 atom stereocenters. The Kier molecular flexibility index (Phi) is 6.34. The van der Waals surface area contributed by atoms with Crippen LogP contribution in [0.5, 0.6) is 0 Å². The Morgan fingerprint density at radius 3 is 2.86 bits per heavy atom. The molecule has 1 aromatic carbocycles. The monoisotopic (exact) mass is 310 g/mol. The first-order valence-electron chi connectivity index (χ1n) is 7.86. The number of anilines is 1. The van der Waals surface area contributed by atoms with Gasteiger partial charge in [-0.3, -0.25) is 0 Å². The third-order valence-corrected chi connectivity index (χ3v) is 4.64. The highest BCUT2D eigenvalue weighted by Crippen LogP contribution is 2.30. The Labute approximate surface area is 133 Å². The van der Waals surface area contributed by atoms with E-state index in [0.717, 1.165) is 42.7 Å². The van der Waals surface area contributed by atoms with Gasteiger partial charge >= 0.3 is 0 Å². The molecule has 1 fully saturated rings. The molecule has 0 saturated carbocycles. The summed E-state index contributed by atoms with van der Waals surface area (Å²) in [6.45, 7) is 8.11. The predicted molar refractivity (Wildman–Crippen MR) is 90.2 cm³/mol. The van der Waals surface area contributed by atoms with Crippen molar-refractivity contribution in [2.45, 2.75) is 39.3 Å². The lowest BCUT2D eigenvalue weighted by Crippen LogP contribution is -2.41. The van der Waals surface area contributed by atoms with Gasteiger partial charge in [0.2, 0.25) is 0 Å². The summed E-state index contributed by atoms with van der Waals surface area (Å²) >= 11 is 6.45. The number of ether oxygens (including phenoxy) is 1. The van der Waals surface area contributed by atoms with Crippen molar-refractivity contribution >= 4 is 17.3 Å². The zero-order valence-corrected chi connectivity index (χ0v) is 14.1. The van der Waals surface area contributed by atoms with Gasteiger partial charge in [-0.25, -0.2) is 0 Å². The van der Waals surface area contributed by atoms with Crippen molar-refractivity contribution in [1.29, 1.82) is 0 Å². The summed E-state index contributed by atoms with van der Waals surface area (Å²) in [7, 11) is 1.71. The fraction of sp³-hybridized carbons (Fsp3) is 0.647. The van der Waals surface area contributed by atoms with E-state index in [1.54, 1.807) is 7.11 Å². The molecule has 1 saturated heterocycles. The average Bonchev–Trinajstić information content (AvgIpc) is 2.47. The number of nitrogens with one attached hydrogen (secondary N) is 1. The molecule has 1 N–H and O–H groups in total. The van der Waals surface area contributed by atoms with E-state index in [9.17, 15) is 0 Å². The first-order chi connectivity index (χ1) is 10.1. The molecule has 2 unspecified atom stereocenters. The van der Waals surface area contributed by atoms with Crippen LogP contribution in [0.15, 0.2) is 18.2 Å². The molecule has 21 heavy (non-hydrogen) atoms. The standard InChI is InChI=1S/C17H27ClN2O/c1-13-4-5-14(2)20(12-13)16-7-6-15(17(18)10-16)11-19-8-9-21-3/h6-7,10,13-14,19H,4-5,8-9,11-12H2,1-3H3. The predicted octanol–water partition coefficient (Wildman–Crippen LogP) is 3.70. The van der Waals surface area contributed by atoms with E-state index in [2.05, 4.69) is 42.3 Å². The quantitative estimate of drug-likeness (QED) is 0.811. The second-order valence-corrected chi connectivity index (χ2v) is 6.54. The number of benzene rings is 1. The Morgan fingerprint density at radius 1 is 1.33 bits per heavy atom. The Balaban J connectivity index is 2.00. The lowest BCUT2D eigenvalue weighted by atomic mass is 9.94. The molecule has 1 aromatic rings. The number of piperidine rings is 1. The highest BCUT2D eigenvalue weighted by Gasteiger charge is 2.23. The van der Waals surface area contributed by atoms with Crippen molar-refractivity contribution in [3.8, 4) is 0 Å². The van der Waals surface area contributed by atoms with Crippen molar-refractivity contribution in [3.05, 3.63) is 28.8 Å². The lowest BCUT2D eigenvalue weighted by molar-refractivity contribution is 0.199. The van der Waals surface area contributed by atoms with Crippen molar-refractivity contribution in [3.63, 3.8) is 0 Å². The van der Waals surface area contributed by atoms with Gasteiger partial charge in [0.25, 0.3) is 0 Å². The molecule has 0 bridgehead atoms. The Morgan fingerprint density at radius 2 is 2.14 bits per heavy atom. The maximum absolute atomic E-state index is 6.45. The Bertz CT molecular complexity index is 452. The molecule has 0 radical (unpaired) electrons. The van der Waals surface area contributed by atoms with Crippen LogP contribution in [0.4, 0.5) is 5.69 Å². The third kappa shape index (κ3) is 4.60. The van der Waals surface area contributed by atoms with Crippen LogP contribution in [0.25, 0.3) is 0 Å². The van der Waals surface area contributed by atoms with Crippen LogP contribution >= 0.6 is 11.6 Å². The molecule has 1 aliphatic heterocycles. The number of halogens is 1. The highest BCUT2D eigenvalue weighted by molar-refractivity contribution is 6.31. The third-order valence-electron chi connectivity index (χ3n) is 4.28. The minimum Gasteiger partial charge on any atom is -0.383 e. The van der Waals surface area contributed by atoms with E-state index >= 15 is 0 Å². The van der Waals surface area contributed by atoms with Gasteiger partial charge in [0.1, 0.15) is 0 Å². The van der Waals surface area contributed by atoms with Crippen LogP contribution in [0.1, 0.15) is 32.3 Å². The average molecular weight is 311 g/mol. The summed E-state index contributed by atoms with van der Waals surface area (Å²) in [5.41, 5.74) is 2.40. The van der Waals surface area contributed by atoms with Crippen LogP contribution in [0.2, 0.25) is 5.02 Å². The molecule has 0 aromatic heterocycles. The summed E-state index contributed by atoms with van der Waals surface area (Å²) in [5.74, 6) is 0.760. The number of hydrogen-bond acceptors (Lipinski definition) is 3. The second kappa shape index (κ2) is 8.02. The summed E-state index contributed by atoms with van der Waals surface area (Å²) in [5, 5.41) is 4.19.